The molecule has 1 heterocycles. The van der Waals surface area contributed by atoms with Gasteiger partial charge in [-0.05, 0) is 24.1 Å². The first-order valence-corrected chi connectivity index (χ1v) is 7.64. The molecule has 1 aromatic heterocycles. The van der Waals surface area contributed by atoms with Crippen molar-refractivity contribution in [1.29, 1.82) is 0 Å². The highest BCUT2D eigenvalue weighted by Crippen LogP contribution is 2.32. The molecule has 0 radical (unpaired) electrons. The van der Waals surface area contributed by atoms with E-state index in [0.29, 0.717) is 13.0 Å². The first-order valence-electron chi connectivity index (χ1n) is 7.64. The molecule has 5 nitrogen and oxygen atoms in total. The molecule has 1 atom stereocenters. The maximum Gasteiger partial charge on any atom is 0.220 e. The summed E-state index contributed by atoms with van der Waals surface area (Å²) < 4.78 is 13.1. The molecule has 3 N–H and O–H groups in total. The molecular weight excluding hydrogens is 295 g/mol. The lowest BCUT2D eigenvalue weighted by Crippen LogP contribution is -2.21. The molecule has 1 aromatic carbocycles. The molecule has 2 aromatic rings. The van der Waals surface area contributed by atoms with Gasteiger partial charge in [-0.25, -0.2) is 14.4 Å². The van der Waals surface area contributed by atoms with Gasteiger partial charge in [0.15, 0.2) is 0 Å². The van der Waals surface area contributed by atoms with Gasteiger partial charge in [0.05, 0.1) is 18.0 Å². The molecular formula is C17H19FN4O. The molecule has 6 heteroatoms. The fourth-order valence-corrected chi connectivity index (χ4v) is 2.62. The summed E-state index contributed by atoms with van der Waals surface area (Å²) in [6.07, 6.45) is 5.36. The van der Waals surface area contributed by atoms with Gasteiger partial charge in [-0.2, -0.15) is 0 Å². The van der Waals surface area contributed by atoms with E-state index < -0.39 is 0 Å². The maximum atomic E-state index is 13.1. The van der Waals surface area contributed by atoms with Crippen LogP contribution in [-0.2, 0) is 11.3 Å². The van der Waals surface area contributed by atoms with Crippen LogP contribution in [0.5, 0.6) is 0 Å². The van der Waals surface area contributed by atoms with Crippen LogP contribution in [0.3, 0.4) is 0 Å². The second kappa shape index (κ2) is 6.75. The Hall–Kier alpha value is -2.47. The van der Waals surface area contributed by atoms with Crippen LogP contribution < -0.4 is 11.2 Å². The Morgan fingerprint density at radius 1 is 1.35 bits per heavy atom. The molecule has 0 saturated carbocycles. The Labute approximate surface area is 134 Å². The second-order valence-electron chi connectivity index (χ2n) is 5.48. The number of rotatable bonds is 5. The Morgan fingerprint density at radius 2 is 2.13 bits per heavy atom. The van der Waals surface area contributed by atoms with Crippen LogP contribution in [0, 0.1) is 5.82 Å². The minimum Gasteiger partial charge on any atom is -0.368 e. The number of halogens is 1. The van der Waals surface area contributed by atoms with Crippen molar-refractivity contribution < 1.29 is 9.23 Å². The average molecular weight is 314 g/mol. The van der Waals surface area contributed by atoms with E-state index in [1.807, 2.05) is 6.92 Å². The molecule has 0 aliphatic heterocycles. The molecule has 0 saturated heterocycles. The molecule has 23 heavy (non-hydrogen) atoms. The fourth-order valence-electron chi connectivity index (χ4n) is 2.62. The van der Waals surface area contributed by atoms with E-state index in [0.717, 1.165) is 28.9 Å². The molecule has 0 bridgehead atoms. The summed E-state index contributed by atoms with van der Waals surface area (Å²) in [7, 11) is 0. The SMILES string of the molecule is CCCONC1=CC(c2ccc(F)cc2)Cc2nc(N)ncc21. The third-order valence-corrected chi connectivity index (χ3v) is 3.74. The molecule has 3 rings (SSSR count). The Kier molecular flexibility index (Phi) is 4.52. The summed E-state index contributed by atoms with van der Waals surface area (Å²) >= 11 is 0. The average Bonchev–Trinajstić information content (AvgIpc) is 2.55. The summed E-state index contributed by atoms with van der Waals surface area (Å²) in [5.41, 5.74) is 12.3. The number of hydroxylamine groups is 1. The van der Waals surface area contributed by atoms with Gasteiger partial charge in [0.25, 0.3) is 0 Å². The summed E-state index contributed by atoms with van der Waals surface area (Å²) in [6.45, 7) is 2.64. The maximum absolute atomic E-state index is 13.1. The van der Waals surface area contributed by atoms with E-state index in [1.54, 1.807) is 18.3 Å². The number of nitrogens with two attached hydrogens (primary N) is 1. The van der Waals surface area contributed by atoms with Crippen molar-refractivity contribution in [3.05, 3.63) is 59.2 Å². The third kappa shape index (κ3) is 3.48. The second-order valence-corrected chi connectivity index (χ2v) is 5.48. The number of aromatic nitrogens is 2. The Balaban J connectivity index is 1.93. The third-order valence-electron chi connectivity index (χ3n) is 3.74. The van der Waals surface area contributed by atoms with Gasteiger partial charge >= 0.3 is 0 Å². The predicted octanol–water partition coefficient (Wildman–Crippen LogP) is 2.81. The van der Waals surface area contributed by atoms with Crippen LogP contribution in [0.25, 0.3) is 5.70 Å². The molecule has 1 aliphatic rings. The van der Waals surface area contributed by atoms with Gasteiger partial charge < -0.3 is 5.73 Å². The monoisotopic (exact) mass is 314 g/mol. The Morgan fingerprint density at radius 3 is 2.87 bits per heavy atom. The van der Waals surface area contributed by atoms with E-state index in [2.05, 4.69) is 21.5 Å². The zero-order chi connectivity index (χ0) is 16.2. The number of anilines is 1. The lowest BCUT2D eigenvalue weighted by atomic mass is 9.87. The number of fused-ring (bicyclic) bond motifs is 1. The number of nitrogen functional groups attached to an aromatic ring is 1. The van der Waals surface area contributed by atoms with E-state index in [4.69, 9.17) is 10.6 Å². The van der Waals surface area contributed by atoms with Gasteiger partial charge in [0.2, 0.25) is 5.95 Å². The van der Waals surface area contributed by atoms with Crippen LogP contribution in [0.15, 0.2) is 36.5 Å². The van der Waals surface area contributed by atoms with Gasteiger partial charge in [0, 0.05) is 24.1 Å². The number of nitrogens with zero attached hydrogens (tertiary/aromatic N) is 2. The zero-order valence-corrected chi connectivity index (χ0v) is 12.9. The first-order chi connectivity index (χ1) is 11.2. The highest BCUT2D eigenvalue weighted by Gasteiger charge is 2.23. The van der Waals surface area contributed by atoms with Gasteiger partial charge in [-0.3, -0.25) is 10.3 Å². The summed E-state index contributed by atoms with van der Waals surface area (Å²) in [4.78, 5) is 13.9. The van der Waals surface area contributed by atoms with Crippen LogP contribution >= 0.6 is 0 Å². The Bertz CT molecular complexity index is 715. The zero-order valence-electron chi connectivity index (χ0n) is 12.9. The summed E-state index contributed by atoms with van der Waals surface area (Å²) in [5.74, 6) is 0.0765. The van der Waals surface area contributed by atoms with E-state index >= 15 is 0 Å². The van der Waals surface area contributed by atoms with Crippen molar-refractivity contribution in [3.63, 3.8) is 0 Å². The molecule has 1 aliphatic carbocycles. The topological polar surface area (TPSA) is 73.1 Å². The van der Waals surface area contributed by atoms with E-state index in [1.165, 1.54) is 12.1 Å². The van der Waals surface area contributed by atoms with Crippen molar-refractivity contribution in [2.24, 2.45) is 0 Å². The number of nitrogens with one attached hydrogen (secondary N) is 1. The van der Waals surface area contributed by atoms with Crippen molar-refractivity contribution >= 4 is 11.6 Å². The van der Waals surface area contributed by atoms with Crippen molar-refractivity contribution in [3.8, 4) is 0 Å². The number of allylic oxidation sites excluding steroid dienone is 1. The standard InChI is InChI=1S/C17H19FN4O/c1-2-7-23-22-16-9-12(11-3-5-13(18)6-4-11)8-15-14(16)10-20-17(19)21-15/h3-6,9-10,12,22H,2,7-8H2,1H3,(H2,19,20,21). The number of hydrogen-bond acceptors (Lipinski definition) is 5. The summed E-state index contributed by atoms with van der Waals surface area (Å²) in [5, 5.41) is 0. The van der Waals surface area contributed by atoms with Crippen LogP contribution in [0.4, 0.5) is 10.3 Å². The van der Waals surface area contributed by atoms with Crippen LogP contribution in [0.1, 0.15) is 36.1 Å². The van der Waals surface area contributed by atoms with Crippen LogP contribution in [-0.4, -0.2) is 16.6 Å². The molecule has 0 fully saturated rings. The minimum absolute atomic E-state index is 0.0742. The molecule has 0 amide bonds. The minimum atomic E-state index is -0.245. The van der Waals surface area contributed by atoms with Gasteiger partial charge in [-0.15, -0.1) is 0 Å². The highest BCUT2D eigenvalue weighted by atomic mass is 19.1. The van der Waals surface area contributed by atoms with Crippen molar-refractivity contribution in [2.45, 2.75) is 25.7 Å². The normalized spacial score (nSPS) is 16.6. The first kappa shape index (κ1) is 15.4. The fraction of sp³-hybridized carbons (Fsp3) is 0.294. The molecule has 0 spiro atoms. The summed E-state index contributed by atoms with van der Waals surface area (Å²) in [6, 6.07) is 6.51. The van der Waals surface area contributed by atoms with Crippen molar-refractivity contribution in [2.75, 3.05) is 12.3 Å². The largest absolute Gasteiger partial charge is 0.368 e. The highest BCUT2D eigenvalue weighted by molar-refractivity contribution is 5.68. The molecule has 120 valence electrons. The van der Waals surface area contributed by atoms with Gasteiger partial charge in [-0.1, -0.05) is 25.1 Å². The smallest absolute Gasteiger partial charge is 0.220 e. The molecule has 1 unspecified atom stereocenters. The lowest BCUT2D eigenvalue weighted by Gasteiger charge is -2.24. The quantitative estimate of drug-likeness (QED) is 0.656. The van der Waals surface area contributed by atoms with Gasteiger partial charge in [0.1, 0.15) is 5.82 Å². The van der Waals surface area contributed by atoms with Crippen LogP contribution in [0.2, 0.25) is 0 Å². The number of benzene rings is 1. The lowest BCUT2D eigenvalue weighted by molar-refractivity contribution is 0.0784. The van der Waals surface area contributed by atoms with E-state index in [9.17, 15) is 4.39 Å². The van der Waals surface area contributed by atoms with E-state index in [-0.39, 0.29) is 17.7 Å². The predicted molar refractivity (Wildman–Crippen MR) is 86.6 cm³/mol. The number of hydrogen-bond donors (Lipinski definition) is 2. The van der Waals surface area contributed by atoms with Crippen molar-refractivity contribution in [1.82, 2.24) is 15.4 Å².